The summed E-state index contributed by atoms with van der Waals surface area (Å²) >= 11 is 0. The summed E-state index contributed by atoms with van der Waals surface area (Å²) in [6.07, 6.45) is -3.54. The first-order chi connectivity index (χ1) is 13.8. The van der Waals surface area contributed by atoms with E-state index in [1.54, 1.807) is 18.2 Å². The van der Waals surface area contributed by atoms with Crippen LogP contribution in [0, 0.1) is 13.5 Å². The molecule has 0 spiro atoms. The van der Waals surface area contributed by atoms with Gasteiger partial charge < -0.3 is 4.57 Å². The van der Waals surface area contributed by atoms with Crippen LogP contribution in [0.2, 0.25) is 0 Å². The summed E-state index contributed by atoms with van der Waals surface area (Å²) < 4.78 is 41.8. The SMILES string of the molecule is [C-]#[N+]c1c(C(F)(F)F)cc(-c2cccc(C)c2)n(CCCc2ccccc2)c1=O. The monoisotopic (exact) mass is 396 g/mol. The van der Waals surface area contributed by atoms with Crippen molar-refractivity contribution in [1.29, 1.82) is 0 Å². The molecule has 0 saturated carbocycles. The van der Waals surface area contributed by atoms with Crippen molar-refractivity contribution in [2.75, 3.05) is 0 Å². The number of alkyl halides is 3. The van der Waals surface area contributed by atoms with Gasteiger partial charge >= 0.3 is 6.18 Å². The highest BCUT2D eigenvalue weighted by molar-refractivity contribution is 5.66. The number of hydrogen-bond acceptors (Lipinski definition) is 1. The zero-order valence-corrected chi connectivity index (χ0v) is 15.8. The third kappa shape index (κ3) is 4.57. The molecule has 3 rings (SSSR count). The molecule has 3 aromatic rings. The first-order valence-corrected chi connectivity index (χ1v) is 9.14. The molecule has 0 radical (unpaired) electrons. The summed E-state index contributed by atoms with van der Waals surface area (Å²) in [6, 6.07) is 17.5. The van der Waals surface area contributed by atoms with E-state index in [1.807, 2.05) is 43.3 Å². The molecule has 0 amide bonds. The predicted molar refractivity (Wildman–Crippen MR) is 107 cm³/mol. The first kappa shape index (κ1) is 20.4. The molecular formula is C23H19F3N2O. The molecule has 0 bridgehead atoms. The molecule has 0 saturated heterocycles. The van der Waals surface area contributed by atoms with Crippen LogP contribution in [-0.4, -0.2) is 4.57 Å². The Morgan fingerprint density at radius 2 is 1.76 bits per heavy atom. The summed E-state index contributed by atoms with van der Waals surface area (Å²) in [4.78, 5) is 15.8. The molecule has 148 valence electrons. The lowest BCUT2D eigenvalue weighted by molar-refractivity contribution is -0.136. The molecule has 1 aromatic heterocycles. The van der Waals surface area contributed by atoms with Crippen LogP contribution in [0.25, 0.3) is 16.1 Å². The minimum Gasteiger partial charge on any atom is -0.317 e. The van der Waals surface area contributed by atoms with E-state index < -0.39 is 23.0 Å². The van der Waals surface area contributed by atoms with E-state index in [0.29, 0.717) is 18.4 Å². The highest BCUT2D eigenvalue weighted by atomic mass is 19.4. The lowest BCUT2D eigenvalue weighted by Gasteiger charge is -2.18. The molecule has 0 aliphatic carbocycles. The normalized spacial score (nSPS) is 11.3. The Bertz CT molecular complexity index is 1110. The van der Waals surface area contributed by atoms with Crippen molar-refractivity contribution in [3.8, 4) is 11.3 Å². The molecule has 1 heterocycles. The van der Waals surface area contributed by atoms with Crippen molar-refractivity contribution in [2.24, 2.45) is 0 Å². The Morgan fingerprint density at radius 3 is 2.38 bits per heavy atom. The number of hydrogen-bond donors (Lipinski definition) is 0. The molecule has 0 N–H and O–H groups in total. The van der Waals surface area contributed by atoms with Gasteiger partial charge in [0.1, 0.15) is 0 Å². The molecule has 6 heteroatoms. The van der Waals surface area contributed by atoms with Crippen LogP contribution in [0.1, 0.15) is 23.1 Å². The van der Waals surface area contributed by atoms with Crippen molar-refractivity contribution in [3.63, 3.8) is 0 Å². The Morgan fingerprint density at radius 1 is 1.03 bits per heavy atom. The summed E-state index contributed by atoms with van der Waals surface area (Å²) in [7, 11) is 0. The van der Waals surface area contributed by atoms with E-state index >= 15 is 0 Å². The van der Waals surface area contributed by atoms with E-state index in [9.17, 15) is 18.0 Å². The second kappa shape index (κ2) is 8.36. The standard InChI is InChI=1S/C23H19F3N2O/c1-16-8-6-12-18(14-16)20-15-19(23(24,25)26)21(27-2)22(29)28(20)13-7-11-17-9-4-3-5-10-17/h3-6,8-10,12,14-15H,7,11,13H2,1H3. The lowest BCUT2D eigenvalue weighted by Crippen LogP contribution is -2.25. The van der Waals surface area contributed by atoms with Gasteiger partial charge in [-0.1, -0.05) is 54.1 Å². The van der Waals surface area contributed by atoms with Crippen LogP contribution >= 0.6 is 0 Å². The van der Waals surface area contributed by atoms with Gasteiger partial charge in [0.25, 0.3) is 11.2 Å². The van der Waals surface area contributed by atoms with Crippen molar-refractivity contribution in [3.05, 3.63) is 99.1 Å². The number of rotatable bonds is 5. The average Bonchev–Trinajstić information content (AvgIpc) is 2.68. The van der Waals surface area contributed by atoms with Gasteiger partial charge in [-0.3, -0.25) is 4.79 Å². The largest absolute Gasteiger partial charge is 0.407 e. The van der Waals surface area contributed by atoms with Gasteiger partial charge in [-0.25, -0.2) is 4.85 Å². The van der Waals surface area contributed by atoms with Crippen LogP contribution in [0.5, 0.6) is 0 Å². The van der Waals surface area contributed by atoms with Crippen LogP contribution in [0.3, 0.4) is 0 Å². The number of pyridine rings is 1. The molecule has 0 atom stereocenters. The quantitative estimate of drug-likeness (QED) is 0.484. The Balaban J connectivity index is 2.09. The molecular weight excluding hydrogens is 377 g/mol. The number of nitrogens with zero attached hydrogens (tertiary/aromatic N) is 2. The second-order valence-corrected chi connectivity index (χ2v) is 6.82. The smallest absolute Gasteiger partial charge is 0.317 e. The van der Waals surface area contributed by atoms with Gasteiger partial charge in [0.05, 0.1) is 12.1 Å². The van der Waals surface area contributed by atoms with Crippen LogP contribution in [0.15, 0.2) is 65.5 Å². The highest BCUT2D eigenvalue weighted by Crippen LogP contribution is 2.37. The summed E-state index contributed by atoms with van der Waals surface area (Å²) in [5.74, 6) is 0. The van der Waals surface area contributed by atoms with Crippen LogP contribution in [0.4, 0.5) is 18.9 Å². The van der Waals surface area contributed by atoms with E-state index in [2.05, 4.69) is 4.85 Å². The third-order valence-corrected chi connectivity index (χ3v) is 4.70. The van der Waals surface area contributed by atoms with E-state index in [1.165, 1.54) is 4.57 Å². The zero-order chi connectivity index (χ0) is 21.0. The lowest BCUT2D eigenvalue weighted by atomic mass is 10.0. The van der Waals surface area contributed by atoms with Gasteiger partial charge in [-0.05, 0) is 43.0 Å². The van der Waals surface area contributed by atoms with Crippen LogP contribution < -0.4 is 5.56 Å². The van der Waals surface area contributed by atoms with Crippen LogP contribution in [-0.2, 0) is 19.1 Å². The fourth-order valence-corrected chi connectivity index (χ4v) is 3.31. The fraction of sp³-hybridized carbons (Fsp3) is 0.217. The fourth-order valence-electron chi connectivity index (χ4n) is 3.31. The van der Waals surface area contributed by atoms with Gasteiger partial charge in [0.15, 0.2) is 0 Å². The predicted octanol–water partition coefficient (Wildman–Crippen LogP) is 6.03. The maximum absolute atomic E-state index is 13.5. The molecule has 0 aliphatic rings. The second-order valence-electron chi connectivity index (χ2n) is 6.82. The zero-order valence-electron chi connectivity index (χ0n) is 15.8. The number of benzene rings is 2. The molecule has 0 fully saturated rings. The summed E-state index contributed by atoms with van der Waals surface area (Å²) in [5.41, 5.74) is -0.333. The minimum atomic E-state index is -4.78. The number of halogens is 3. The van der Waals surface area contributed by atoms with Gasteiger partial charge in [0, 0.05) is 12.2 Å². The third-order valence-electron chi connectivity index (χ3n) is 4.70. The molecule has 29 heavy (non-hydrogen) atoms. The molecule has 3 nitrogen and oxygen atoms in total. The Kier molecular flexibility index (Phi) is 5.88. The molecule has 0 aliphatic heterocycles. The van der Waals surface area contributed by atoms with Gasteiger partial charge in [0.2, 0.25) is 0 Å². The van der Waals surface area contributed by atoms with Gasteiger partial charge in [-0.2, -0.15) is 13.2 Å². The van der Waals surface area contributed by atoms with Crippen molar-refractivity contribution < 1.29 is 13.2 Å². The highest BCUT2D eigenvalue weighted by Gasteiger charge is 2.36. The summed E-state index contributed by atoms with van der Waals surface area (Å²) in [6.45, 7) is 9.19. The van der Waals surface area contributed by atoms with Crippen molar-refractivity contribution >= 4 is 5.69 Å². The molecule has 0 unspecified atom stereocenters. The van der Waals surface area contributed by atoms with Crippen molar-refractivity contribution in [1.82, 2.24) is 4.57 Å². The summed E-state index contributed by atoms with van der Waals surface area (Å²) in [5, 5.41) is 0. The number of aromatic nitrogens is 1. The van der Waals surface area contributed by atoms with Crippen molar-refractivity contribution in [2.45, 2.75) is 32.5 Å². The number of aryl methyl sites for hydroxylation is 2. The Labute approximate surface area is 166 Å². The Hall–Kier alpha value is -3.33. The van der Waals surface area contributed by atoms with Gasteiger partial charge in [-0.15, -0.1) is 0 Å². The average molecular weight is 396 g/mol. The maximum Gasteiger partial charge on any atom is 0.407 e. The van der Waals surface area contributed by atoms with E-state index in [4.69, 9.17) is 6.57 Å². The minimum absolute atomic E-state index is 0.173. The topological polar surface area (TPSA) is 26.4 Å². The maximum atomic E-state index is 13.5. The van der Waals surface area contributed by atoms with E-state index in [0.717, 1.165) is 17.2 Å². The first-order valence-electron chi connectivity index (χ1n) is 9.14. The molecule has 2 aromatic carbocycles. The van der Waals surface area contributed by atoms with E-state index in [-0.39, 0.29) is 12.2 Å².